The van der Waals surface area contributed by atoms with E-state index in [1.165, 1.54) is 50.0 Å². The Morgan fingerprint density at radius 3 is 2.26 bits per heavy atom. The zero-order valence-electron chi connectivity index (χ0n) is 16.5. The molecule has 31 heavy (non-hydrogen) atoms. The number of aromatic nitrogens is 1. The fraction of sp³-hybridized carbons (Fsp3) is 0.0909. The first-order valence-electron chi connectivity index (χ1n) is 8.85. The molecule has 0 saturated heterocycles. The molecule has 0 saturated carbocycles. The van der Waals surface area contributed by atoms with Crippen molar-refractivity contribution in [3.8, 4) is 17.3 Å². The molecule has 7 nitrogen and oxygen atoms in total. The van der Waals surface area contributed by atoms with E-state index < -0.39 is 11.9 Å². The molecule has 1 N–H and O–H groups in total. The Labute approximate surface area is 187 Å². The average molecular weight is 454 g/mol. The van der Waals surface area contributed by atoms with E-state index in [9.17, 15) is 14.9 Å². The molecule has 0 atom stereocenters. The van der Waals surface area contributed by atoms with Crippen molar-refractivity contribution in [2.45, 2.75) is 0 Å². The van der Waals surface area contributed by atoms with Crippen molar-refractivity contribution < 1.29 is 19.1 Å². The third-order valence-electron chi connectivity index (χ3n) is 4.15. The molecule has 0 radical (unpaired) electrons. The predicted molar refractivity (Wildman–Crippen MR) is 119 cm³/mol. The van der Waals surface area contributed by atoms with E-state index in [1.807, 2.05) is 17.5 Å². The number of nitriles is 1. The van der Waals surface area contributed by atoms with Gasteiger partial charge in [-0.15, -0.1) is 11.3 Å². The molecular formula is C22H16ClN3O4S. The highest BCUT2D eigenvalue weighted by Gasteiger charge is 2.14. The van der Waals surface area contributed by atoms with Gasteiger partial charge in [0, 0.05) is 27.9 Å². The molecule has 0 amide bonds. The maximum absolute atomic E-state index is 11.9. The third kappa shape index (κ3) is 5.28. The molecule has 0 fully saturated rings. The van der Waals surface area contributed by atoms with Crippen LogP contribution >= 0.6 is 22.9 Å². The smallest absolute Gasteiger partial charge is 0.337 e. The summed E-state index contributed by atoms with van der Waals surface area (Å²) < 4.78 is 9.45. The van der Waals surface area contributed by atoms with Crippen LogP contribution in [0.2, 0.25) is 5.02 Å². The number of benzene rings is 2. The summed E-state index contributed by atoms with van der Waals surface area (Å²) in [6, 6.07) is 13.7. The molecule has 1 heterocycles. The van der Waals surface area contributed by atoms with E-state index in [0.717, 1.165) is 11.3 Å². The van der Waals surface area contributed by atoms with E-state index >= 15 is 0 Å². The number of allylic oxidation sites excluding steroid dienone is 1. The summed E-state index contributed by atoms with van der Waals surface area (Å²) in [6.07, 6.45) is 1.46. The molecule has 3 rings (SSSR count). The van der Waals surface area contributed by atoms with Crippen LogP contribution in [0.5, 0.6) is 0 Å². The summed E-state index contributed by atoms with van der Waals surface area (Å²) in [4.78, 5) is 28.3. The lowest BCUT2D eigenvalue weighted by Gasteiger charge is -2.08. The Kier molecular flexibility index (Phi) is 7.03. The van der Waals surface area contributed by atoms with Crippen LogP contribution in [0.15, 0.2) is 54.0 Å². The second-order valence-electron chi connectivity index (χ2n) is 6.14. The van der Waals surface area contributed by atoms with Crippen LogP contribution in [0, 0.1) is 11.3 Å². The summed E-state index contributed by atoms with van der Waals surface area (Å²) in [5.41, 5.74) is 2.63. The molecule has 0 aliphatic rings. The molecule has 0 bridgehead atoms. The summed E-state index contributed by atoms with van der Waals surface area (Å²) >= 11 is 7.24. The molecule has 156 valence electrons. The SMILES string of the molecule is COC(=O)c1cc(N/C=C(\C#N)c2nc(-c3ccc(Cl)cc3)cs2)cc(C(=O)OC)c1. The highest BCUT2D eigenvalue weighted by molar-refractivity contribution is 7.11. The molecule has 3 aromatic rings. The minimum Gasteiger partial charge on any atom is -0.465 e. The standard InChI is InChI=1S/C22H16ClN3O4S/c1-29-21(27)14-7-15(22(28)30-2)9-18(8-14)25-11-16(10-24)20-26-19(12-31-20)13-3-5-17(23)6-4-13/h3-9,11-12,25H,1-2H3/b16-11+. The number of carbonyl (C=O) groups excluding carboxylic acids is 2. The first-order valence-corrected chi connectivity index (χ1v) is 10.1. The van der Waals surface area contributed by atoms with Crippen molar-refractivity contribution in [3.63, 3.8) is 0 Å². The maximum Gasteiger partial charge on any atom is 0.337 e. The fourth-order valence-electron chi connectivity index (χ4n) is 2.63. The number of thiazole rings is 1. The van der Waals surface area contributed by atoms with Crippen molar-refractivity contribution in [2.75, 3.05) is 19.5 Å². The number of halogens is 1. The fourth-order valence-corrected chi connectivity index (χ4v) is 3.55. The number of ether oxygens (including phenoxy) is 2. The van der Waals surface area contributed by atoms with Gasteiger partial charge in [-0.3, -0.25) is 0 Å². The Morgan fingerprint density at radius 1 is 1.10 bits per heavy atom. The quantitative estimate of drug-likeness (QED) is 0.413. The van der Waals surface area contributed by atoms with Gasteiger partial charge in [0.2, 0.25) is 0 Å². The number of methoxy groups -OCH3 is 2. The Hall–Kier alpha value is -3.67. The number of rotatable bonds is 6. The number of carbonyl (C=O) groups is 2. The van der Waals surface area contributed by atoms with Crippen LogP contribution in [0.25, 0.3) is 16.8 Å². The number of nitrogens with one attached hydrogen (secondary N) is 1. The third-order valence-corrected chi connectivity index (χ3v) is 5.28. The monoisotopic (exact) mass is 453 g/mol. The number of nitrogens with zero attached hydrogens (tertiary/aromatic N) is 2. The minimum absolute atomic E-state index is 0.166. The maximum atomic E-state index is 11.9. The van der Waals surface area contributed by atoms with E-state index in [-0.39, 0.29) is 16.7 Å². The Bertz CT molecular complexity index is 1160. The molecule has 0 unspecified atom stereocenters. The van der Waals surface area contributed by atoms with Crippen molar-refractivity contribution in [3.05, 3.63) is 75.2 Å². The summed E-state index contributed by atoms with van der Waals surface area (Å²) in [5, 5.41) is 15.5. The second-order valence-corrected chi connectivity index (χ2v) is 7.44. The van der Waals surface area contributed by atoms with Gasteiger partial charge in [0.05, 0.1) is 31.0 Å². The van der Waals surface area contributed by atoms with Gasteiger partial charge < -0.3 is 14.8 Å². The zero-order valence-corrected chi connectivity index (χ0v) is 18.1. The van der Waals surface area contributed by atoms with Crippen LogP contribution in [0.3, 0.4) is 0 Å². The van der Waals surface area contributed by atoms with Crippen molar-refractivity contribution in [1.29, 1.82) is 5.26 Å². The van der Waals surface area contributed by atoms with Crippen LogP contribution in [0.1, 0.15) is 25.7 Å². The van der Waals surface area contributed by atoms with Gasteiger partial charge in [-0.1, -0.05) is 23.7 Å². The summed E-state index contributed by atoms with van der Waals surface area (Å²) in [7, 11) is 2.49. The van der Waals surface area contributed by atoms with Gasteiger partial charge in [-0.05, 0) is 30.3 Å². The molecule has 1 aromatic heterocycles. The lowest BCUT2D eigenvalue weighted by molar-refractivity contribution is 0.0599. The van der Waals surface area contributed by atoms with E-state index in [1.54, 1.807) is 12.1 Å². The number of esters is 2. The lowest BCUT2D eigenvalue weighted by atomic mass is 10.1. The lowest BCUT2D eigenvalue weighted by Crippen LogP contribution is -2.07. The van der Waals surface area contributed by atoms with Gasteiger partial charge in [-0.2, -0.15) is 5.26 Å². The largest absolute Gasteiger partial charge is 0.465 e. The van der Waals surface area contributed by atoms with Crippen LogP contribution in [-0.4, -0.2) is 31.1 Å². The Morgan fingerprint density at radius 2 is 1.71 bits per heavy atom. The van der Waals surface area contributed by atoms with Gasteiger partial charge >= 0.3 is 11.9 Å². The topological polar surface area (TPSA) is 101 Å². The predicted octanol–water partition coefficient (Wildman–Crippen LogP) is 5.01. The van der Waals surface area contributed by atoms with E-state index in [0.29, 0.717) is 15.7 Å². The first-order chi connectivity index (χ1) is 14.9. The van der Waals surface area contributed by atoms with Crippen molar-refractivity contribution in [1.82, 2.24) is 4.98 Å². The molecule has 0 aliphatic carbocycles. The van der Waals surface area contributed by atoms with Crippen LogP contribution in [0.4, 0.5) is 5.69 Å². The molecule has 0 spiro atoms. The van der Waals surface area contributed by atoms with Crippen LogP contribution in [-0.2, 0) is 9.47 Å². The number of anilines is 1. The highest BCUT2D eigenvalue weighted by atomic mass is 35.5. The van der Waals surface area contributed by atoms with Gasteiger partial charge in [0.25, 0.3) is 0 Å². The Balaban J connectivity index is 1.89. The van der Waals surface area contributed by atoms with Gasteiger partial charge in [0.1, 0.15) is 16.6 Å². The summed E-state index contributed by atoms with van der Waals surface area (Å²) in [6.45, 7) is 0. The van der Waals surface area contributed by atoms with Gasteiger partial charge in [-0.25, -0.2) is 14.6 Å². The van der Waals surface area contributed by atoms with E-state index in [2.05, 4.69) is 16.4 Å². The van der Waals surface area contributed by atoms with Crippen LogP contribution < -0.4 is 5.32 Å². The van der Waals surface area contributed by atoms with E-state index in [4.69, 9.17) is 21.1 Å². The number of hydrogen-bond acceptors (Lipinski definition) is 8. The zero-order chi connectivity index (χ0) is 22.4. The average Bonchev–Trinajstić information content (AvgIpc) is 3.28. The highest BCUT2D eigenvalue weighted by Crippen LogP contribution is 2.27. The molecule has 2 aromatic carbocycles. The normalized spacial score (nSPS) is 10.8. The van der Waals surface area contributed by atoms with Gasteiger partial charge in [0.15, 0.2) is 0 Å². The summed E-state index contributed by atoms with van der Waals surface area (Å²) in [5.74, 6) is -1.21. The van der Waals surface area contributed by atoms with Crippen molar-refractivity contribution >= 4 is 46.1 Å². The first kappa shape index (κ1) is 22.0. The second kappa shape index (κ2) is 9.89. The number of hydrogen-bond donors (Lipinski definition) is 1. The molecule has 9 heteroatoms. The molecule has 0 aliphatic heterocycles. The van der Waals surface area contributed by atoms with Crippen molar-refractivity contribution in [2.24, 2.45) is 0 Å². The molecular weight excluding hydrogens is 438 g/mol. The minimum atomic E-state index is -0.606.